The molecule has 1 fully saturated rings. The molecule has 0 radical (unpaired) electrons. The predicted molar refractivity (Wildman–Crippen MR) is 116 cm³/mol. The second kappa shape index (κ2) is 11.4. The molecule has 8 heteroatoms. The maximum Gasteiger partial charge on any atom is 0.258 e. The van der Waals surface area contributed by atoms with Gasteiger partial charge in [0, 0.05) is 19.6 Å². The van der Waals surface area contributed by atoms with Crippen LogP contribution >= 0.6 is 0 Å². The van der Waals surface area contributed by atoms with Crippen LogP contribution in [0.5, 0.6) is 23.0 Å². The fraction of sp³-hybridized carbons (Fsp3) is 0.435. The fourth-order valence-electron chi connectivity index (χ4n) is 3.55. The summed E-state index contributed by atoms with van der Waals surface area (Å²) in [5.41, 5.74) is 1.03. The number of benzene rings is 2. The first-order valence-electron chi connectivity index (χ1n) is 10.2. The Hall–Kier alpha value is -2.97. The Morgan fingerprint density at radius 3 is 2.29 bits per heavy atom. The highest BCUT2D eigenvalue weighted by molar-refractivity contribution is 5.77. The molecule has 1 aliphatic heterocycles. The van der Waals surface area contributed by atoms with Gasteiger partial charge in [-0.15, -0.1) is 0 Å². The number of hydrogen-bond donors (Lipinski definition) is 1. The highest BCUT2D eigenvalue weighted by Gasteiger charge is 2.24. The summed E-state index contributed by atoms with van der Waals surface area (Å²) >= 11 is 0. The van der Waals surface area contributed by atoms with Crippen molar-refractivity contribution in [2.45, 2.75) is 6.04 Å². The van der Waals surface area contributed by atoms with Gasteiger partial charge in [-0.05, 0) is 29.8 Å². The van der Waals surface area contributed by atoms with Crippen molar-refractivity contribution in [2.75, 3.05) is 60.8 Å². The van der Waals surface area contributed by atoms with Crippen LogP contribution in [-0.2, 0) is 9.53 Å². The molecule has 168 valence electrons. The van der Waals surface area contributed by atoms with Crippen LogP contribution in [0.3, 0.4) is 0 Å². The first-order chi connectivity index (χ1) is 15.2. The van der Waals surface area contributed by atoms with Crippen LogP contribution < -0.4 is 24.3 Å². The molecule has 2 aromatic rings. The van der Waals surface area contributed by atoms with E-state index >= 15 is 0 Å². The molecule has 1 amide bonds. The molecule has 31 heavy (non-hydrogen) atoms. The second-order valence-corrected chi connectivity index (χ2v) is 7.02. The van der Waals surface area contributed by atoms with E-state index < -0.39 is 0 Å². The maximum atomic E-state index is 12.5. The van der Waals surface area contributed by atoms with E-state index in [0.717, 1.165) is 18.7 Å². The Bertz CT molecular complexity index is 854. The van der Waals surface area contributed by atoms with Gasteiger partial charge in [0.1, 0.15) is 0 Å². The van der Waals surface area contributed by atoms with Crippen LogP contribution in [0.15, 0.2) is 42.5 Å². The van der Waals surface area contributed by atoms with E-state index in [0.29, 0.717) is 42.8 Å². The monoisotopic (exact) mass is 430 g/mol. The zero-order valence-corrected chi connectivity index (χ0v) is 18.3. The number of para-hydroxylation sites is 2. The summed E-state index contributed by atoms with van der Waals surface area (Å²) in [7, 11) is 4.79. The average molecular weight is 431 g/mol. The lowest BCUT2D eigenvalue weighted by atomic mass is 10.0. The van der Waals surface area contributed by atoms with E-state index in [9.17, 15) is 4.79 Å². The number of carbonyl (C=O) groups is 1. The third-order valence-corrected chi connectivity index (χ3v) is 5.20. The molecule has 0 bridgehead atoms. The van der Waals surface area contributed by atoms with Crippen LogP contribution in [0.4, 0.5) is 0 Å². The lowest BCUT2D eigenvalue weighted by molar-refractivity contribution is -0.123. The van der Waals surface area contributed by atoms with Gasteiger partial charge in [0.2, 0.25) is 0 Å². The molecule has 1 atom stereocenters. The van der Waals surface area contributed by atoms with Crippen LogP contribution in [-0.4, -0.2) is 71.6 Å². The van der Waals surface area contributed by atoms with Crippen LogP contribution in [0.2, 0.25) is 0 Å². The highest BCUT2D eigenvalue weighted by Crippen LogP contribution is 2.32. The second-order valence-electron chi connectivity index (χ2n) is 7.02. The summed E-state index contributed by atoms with van der Waals surface area (Å²) < 4.78 is 27.2. The van der Waals surface area contributed by atoms with Gasteiger partial charge in [0.05, 0.1) is 40.6 Å². The van der Waals surface area contributed by atoms with E-state index in [1.54, 1.807) is 33.5 Å². The molecular formula is C23H30N2O6. The Morgan fingerprint density at radius 2 is 1.61 bits per heavy atom. The van der Waals surface area contributed by atoms with Crippen molar-refractivity contribution >= 4 is 5.91 Å². The molecular weight excluding hydrogens is 400 g/mol. The van der Waals surface area contributed by atoms with Gasteiger partial charge < -0.3 is 29.0 Å². The number of nitrogens with one attached hydrogen (secondary N) is 1. The summed E-state index contributed by atoms with van der Waals surface area (Å²) in [6.45, 7) is 3.23. The van der Waals surface area contributed by atoms with Crippen molar-refractivity contribution < 1.29 is 28.5 Å². The summed E-state index contributed by atoms with van der Waals surface area (Å²) in [5, 5.41) is 2.99. The first kappa shape index (κ1) is 22.7. The van der Waals surface area contributed by atoms with Crippen LogP contribution in [0.1, 0.15) is 11.6 Å². The van der Waals surface area contributed by atoms with Gasteiger partial charge in [-0.2, -0.15) is 0 Å². The quantitative estimate of drug-likeness (QED) is 0.620. The molecule has 1 aliphatic rings. The minimum Gasteiger partial charge on any atom is -0.493 e. The minimum absolute atomic E-state index is 0.0288. The normalized spacial score (nSPS) is 15.1. The van der Waals surface area contributed by atoms with Crippen molar-refractivity contribution in [1.82, 2.24) is 10.2 Å². The summed E-state index contributed by atoms with van der Waals surface area (Å²) in [6, 6.07) is 13.1. The SMILES string of the molecule is COc1ccc(C(CNC(=O)COc2ccccc2OC)N2CCOCC2)cc1OC. The average Bonchev–Trinajstić information content (AvgIpc) is 2.83. The fourth-order valence-corrected chi connectivity index (χ4v) is 3.55. The topological polar surface area (TPSA) is 78.5 Å². The van der Waals surface area contributed by atoms with Crippen LogP contribution in [0.25, 0.3) is 0 Å². The number of morpholine rings is 1. The van der Waals surface area contributed by atoms with Gasteiger partial charge in [-0.1, -0.05) is 18.2 Å². The molecule has 1 heterocycles. The number of nitrogens with zero attached hydrogens (tertiary/aromatic N) is 1. The summed E-state index contributed by atoms with van der Waals surface area (Å²) in [6.07, 6.45) is 0. The molecule has 1 saturated heterocycles. The summed E-state index contributed by atoms with van der Waals surface area (Å²) in [4.78, 5) is 14.8. The number of hydrogen-bond acceptors (Lipinski definition) is 7. The van der Waals surface area contributed by atoms with E-state index in [-0.39, 0.29) is 18.6 Å². The third-order valence-electron chi connectivity index (χ3n) is 5.20. The molecule has 2 aromatic carbocycles. The van der Waals surface area contributed by atoms with Crippen LogP contribution in [0, 0.1) is 0 Å². The molecule has 1 N–H and O–H groups in total. The van der Waals surface area contributed by atoms with E-state index in [1.165, 1.54) is 0 Å². The first-order valence-corrected chi connectivity index (χ1v) is 10.2. The molecule has 0 aliphatic carbocycles. The van der Waals surface area contributed by atoms with Crippen molar-refractivity contribution in [2.24, 2.45) is 0 Å². The Morgan fingerprint density at radius 1 is 0.968 bits per heavy atom. The number of carbonyl (C=O) groups excluding carboxylic acids is 1. The van der Waals surface area contributed by atoms with Gasteiger partial charge in [-0.3, -0.25) is 9.69 Å². The molecule has 0 aromatic heterocycles. The highest BCUT2D eigenvalue weighted by atomic mass is 16.5. The van der Waals surface area contributed by atoms with Crippen molar-refractivity contribution in [3.63, 3.8) is 0 Å². The molecule has 8 nitrogen and oxygen atoms in total. The number of methoxy groups -OCH3 is 3. The molecule has 3 rings (SSSR count). The molecule has 1 unspecified atom stereocenters. The van der Waals surface area contributed by atoms with Gasteiger partial charge in [0.25, 0.3) is 5.91 Å². The Labute approximate surface area is 183 Å². The summed E-state index contributed by atoms with van der Waals surface area (Å²) in [5.74, 6) is 2.24. The van der Waals surface area contributed by atoms with E-state index in [4.69, 9.17) is 23.7 Å². The lowest BCUT2D eigenvalue weighted by Gasteiger charge is -2.35. The molecule has 0 saturated carbocycles. The zero-order chi connectivity index (χ0) is 22.1. The number of ether oxygens (including phenoxy) is 5. The van der Waals surface area contributed by atoms with Gasteiger partial charge >= 0.3 is 0 Å². The predicted octanol–water partition coefficient (Wildman–Crippen LogP) is 2.28. The van der Waals surface area contributed by atoms with Crippen molar-refractivity contribution in [3.8, 4) is 23.0 Å². The largest absolute Gasteiger partial charge is 0.493 e. The van der Waals surface area contributed by atoms with Crippen molar-refractivity contribution in [3.05, 3.63) is 48.0 Å². The van der Waals surface area contributed by atoms with E-state index in [2.05, 4.69) is 10.2 Å². The number of amides is 1. The van der Waals surface area contributed by atoms with Gasteiger partial charge in [0.15, 0.2) is 29.6 Å². The standard InChI is InChI=1S/C23H30N2O6/c1-27-19-6-4-5-7-21(19)31-16-23(26)24-15-18(25-10-12-30-13-11-25)17-8-9-20(28-2)22(14-17)29-3/h4-9,14,18H,10-13,15-16H2,1-3H3,(H,24,26). The van der Waals surface area contributed by atoms with Crippen molar-refractivity contribution in [1.29, 1.82) is 0 Å². The smallest absolute Gasteiger partial charge is 0.258 e. The Balaban J connectivity index is 1.67. The Kier molecular flexibility index (Phi) is 8.37. The lowest BCUT2D eigenvalue weighted by Crippen LogP contribution is -2.44. The molecule has 0 spiro atoms. The van der Waals surface area contributed by atoms with E-state index in [1.807, 2.05) is 30.3 Å². The number of rotatable bonds is 10. The third kappa shape index (κ3) is 6.02. The maximum absolute atomic E-state index is 12.5. The van der Waals surface area contributed by atoms with Gasteiger partial charge in [-0.25, -0.2) is 0 Å². The zero-order valence-electron chi connectivity index (χ0n) is 18.3. The minimum atomic E-state index is -0.204.